The topological polar surface area (TPSA) is 30.7 Å². The first-order valence-corrected chi connectivity index (χ1v) is 7.59. The summed E-state index contributed by atoms with van der Waals surface area (Å²) in [5.41, 5.74) is 2.60. The van der Waals surface area contributed by atoms with Gasteiger partial charge >= 0.3 is 0 Å². The van der Waals surface area contributed by atoms with Gasteiger partial charge in [0.1, 0.15) is 11.6 Å². The van der Waals surface area contributed by atoms with E-state index in [1.165, 1.54) is 6.07 Å². The van der Waals surface area contributed by atoms with Crippen molar-refractivity contribution in [1.29, 1.82) is 0 Å². The third-order valence-electron chi connectivity index (χ3n) is 3.08. The molecule has 0 aliphatic heterocycles. The van der Waals surface area contributed by atoms with E-state index in [4.69, 9.17) is 11.6 Å². The zero-order valence-electron chi connectivity index (χ0n) is 10.4. The van der Waals surface area contributed by atoms with Crippen molar-refractivity contribution in [3.63, 3.8) is 0 Å². The lowest BCUT2D eigenvalue weighted by molar-refractivity contribution is 0.621. The van der Waals surface area contributed by atoms with Gasteiger partial charge < -0.3 is 4.57 Å². The first-order chi connectivity index (χ1) is 9.69. The minimum atomic E-state index is -0.241. The van der Waals surface area contributed by atoms with E-state index in [0.717, 1.165) is 22.4 Å². The molecule has 0 saturated carbocycles. The highest BCUT2D eigenvalue weighted by molar-refractivity contribution is 14.1. The summed E-state index contributed by atoms with van der Waals surface area (Å²) in [6.45, 7) is 0.598. The molecule has 20 heavy (non-hydrogen) atoms. The number of aromatic nitrogens is 3. The fourth-order valence-electron chi connectivity index (χ4n) is 2.12. The number of fused-ring (bicyclic) bond motifs is 1. The van der Waals surface area contributed by atoms with Gasteiger partial charge in [0.25, 0.3) is 0 Å². The van der Waals surface area contributed by atoms with Gasteiger partial charge in [-0.05, 0) is 46.4 Å². The van der Waals surface area contributed by atoms with Gasteiger partial charge in [-0.2, -0.15) is 0 Å². The van der Waals surface area contributed by atoms with E-state index < -0.39 is 0 Å². The molecule has 6 heteroatoms. The van der Waals surface area contributed by atoms with Crippen molar-refractivity contribution >= 4 is 45.2 Å². The average molecular weight is 402 g/mol. The maximum atomic E-state index is 13.8. The summed E-state index contributed by atoms with van der Waals surface area (Å²) in [4.78, 5) is 8.47. The van der Waals surface area contributed by atoms with Crippen LogP contribution in [0.5, 0.6) is 0 Å². The minimum absolute atomic E-state index is 0.241. The Balaban J connectivity index is 2.15. The molecule has 0 bridgehead atoms. The van der Waals surface area contributed by atoms with Crippen molar-refractivity contribution < 1.29 is 4.39 Å². The second-order valence-electron chi connectivity index (χ2n) is 4.36. The molecule has 0 radical (unpaired) electrons. The predicted octanol–water partition coefficient (Wildman–Crippen LogP) is 3.96. The summed E-state index contributed by atoms with van der Waals surface area (Å²) >= 11 is 7.92. The average Bonchev–Trinajstić information content (AvgIpc) is 2.78. The van der Waals surface area contributed by atoms with E-state index in [1.54, 1.807) is 18.5 Å². The van der Waals surface area contributed by atoms with Gasteiger partial charge in [0.2, 0.25) is 0 Å². The van der Waals surface area contributed by atoms with Crippen LogP contribution in [0.3, 0.4) is 0 Å². The molecular formula is C14H10ClFIN3. The molecule has 0 amide bonds. The number of alkyl halides is 1. The molecule has 102 valence electrons. The molecule has 2 heterocycles. The fraction of sp³-hybridized carbons (Fsp3) is 0.143. The number of pyridine rings is 1. The molecule has 0 saturated heterocycles. The van der Waals surface area contributed by atoms with Crippen molar-refractivity contribution in [2.45, 2.75) is 12.4 Å². The number of hydrogen-bond donors (Lipinski definition) is 0. The van der Waals surface area contributed by atoms with Crippen LogP contribution in [0, 0.1) is 9.39 Å². The molecule has 0 aliphatic rings. The Morgan fingerprint density at radius 2 is 2.00 bits per heavy atom. The third kappa shape index (κ3) is 2.52. The van der Waals surface area contributed by atoms with E-state index in [9.17, 15) is 4.39 Å². The summed E-state index contributed by atoms with van der Waals surface area (Å²) in [6.07, 6.45) is 3.47. The van der Waals surface area contributed by atoms with Gasteiger partial charge in [-0.25, -0.2) is 9.37 Å². The van der Waals surface area contributed by atoms with Crippen LogP contribution in [0.25, 0.3) is 11.0 Å². The largest absolute Gasteiger partial charge is 0.322 e. The Hall–Kier alpha value is -1.21. The van der Waals surface area contributed by atoms with Gasteiger partial charge in [0.05, 0.1) is 20.5 Å². The van der Waals surface area contributed by atoms with Crippen LogP contribution in [0.4, 0.5) is 4.39 Å². The number of rotatable bonds is 3. The van der Waals surface area contributed by atoms with E-state index in [-0.39, 0.29) is 11.7 Å². The summed E-state index contributed by atoms with van der Waals surface area (Å²) in [6, 6.07) is 7.10. The molecular weight excluding hydrogens is 392 g/mol. The predicted molar refractivity (Wildman–Crippen MR) is 85.3 cm³/mol. The first-order valence-electron chi connectivity index (χ1n) is 5.98. The second kappa shape index (κ2) is 5.65. The van der Waals surface area contributed by atoms with Gasteiger partial charge in [-0.15, -0.1) is 11.6 Å². The highest BCUT2D eigenvalue weighted by Gasteiger charge is 2.13. The Kier molecular flexibility index (Phi) is 3.89. The first kappa shape index (κ1) is 13.8. The highest BCUT2D eigenvalue weighted by atomic mass is 127. The quantitative estimate of drug-likeness (QED) is 0.491. The van der Waals surface area contributed by atoms with Crippen LogP contribution in [-0.4, -0.2) is 14.5 Å². The molecule has 3 aromatic rings. The van der Waals surface area contributed by atoms with E-state index in [0.29, 0.717) is 10.1 Å². The molecule has 0 aliphatic carbocycles. The maximum Gasteiger partial charge on any atom is 0.138 e. The van der Waals surface area contributed by atoms with Crippen LogP contribution < -0.4 is 0 Å². The third-order valence-corrected chi connectivity index (χ3v) is 4.14. The number of nitrogens with zero attached hydrogens (tertiary/aromatic N) is 3. The lowest BCUT2D eigenvalue weighted by atomic mass is 10.2. The number of benzene rings is 1. The molecule has 2 aromatic heterocycles. The number of hydrogen-bond acceptors (Lipinski definition) is 2. The van der Waals surface area contributed by atoms with Crippen LogP contribution >= 0.6 is 34.2 Å². The van der Waals surface area contributed by atoms with E-state index >= 15 is 0 Å². The SMILES string of the molecule is Fc1cc2c(cc1I)nc(CCl)n2Cc1ccncc1. The second-order valence-corrected chi connectivity index (χ2v) is 5.79. The molecule has 0 spiro atoms. The lowest BCUT2D eigenvalue weighted by Crippen LogP contribution is -2.04. The molecule has 3 rings (SSSR count). The zero-order valence-corrected chi connectivity index (χ0v) is 13.3. The Labute approximate surface area is 133 Å². The number of imidazole rings is 1. The van der Waals surface area contributed by atoms with Gasteiger partial charge in [-0.1, -0.05) is 0 Å². The molecule has 0 atom stereocenters. The Morgan fingerprint density at radius 3 is 2.70 bits per heavy atom. The van der Waals surface area contributed by atoms with Crippen molar-refractivity contribution in [2.24, 2.45) is 0 Å². The fourth-order valence-corrected chi connectivity index (χ4v) is 2.77. The molecule has 1 aromatic carbocycles. The van der Waals surface area contributed by atoms with Crippen molar-refractivity contribution in [2.75, 3.05) is 0 Å². The maximum absolute atomic E-state index is 13.8. The zero-order chi connectivity index (χ0) is 14.1. The normalized spacial score (nSPS) is 11.2. The van der Waals surface area contributed by atoms with Crippen LogP contribution in [0.2, 0.25) is 0 Å². The van der Waals surface area contributed by atoms with Crippen LogP contribution in [0.1, 0.15) is 11.4 Å². The minimum Gasteiger partial charge on any atom is -0.322 e. The Morgan fingerprint density at radius 1 is 1.25 bits per heavy atom. The van der Waals surface area contributed by atoms with Crippen molar-refractivity contribution in [3.8, 4) is 0 Å². The molecule has 0 fully saturated rings. The Bertz CT molecular complexity index is 758. The summed E-state index contributed by atoms with van der Waals surface area (Å²) < 4.78 is 16.3. The van der Waals surface area contributed by atoms with Crippen LogP contribution in [-0.2, 0) is 12.4 Å². The summed E-state index contributed by atoms with van der Waals surface area (Å²) in [7, 11) is 0. The van der Waals surface area contributed by atoms with Gasteiger partial charge in [0, 0.05) is 25.0 Å². The summed E-state index contributed by atoms with van der Waals surface area (Å²) in [5.74, 6) is 0.785. The summed E-state index contributed by atoms with van der Waals surface area (Å²) in [5, 5.41) is 0. The lowest BCUT2D eigenvalue weighted by Gasteiger charge is -2.08. The van der Waals surface area contributed by atoms with Crippen molar-refractivity contribution in [1.82, 2.24) is 14.5 Å². The highest BCUT2D eigenvalue weighted by Crippen LogP contribution is 2.23. The number of halogens is 3. The van der Waals surface area contributed by atoms with Gasteiger partial charge in [-0.3, -0.25) is 4.98 Å². The smallest absolute Gasteiger partial charge is 0.138 e. The monoisotopic (exact) mass is 401 g/mol. The van der Waals surface area contributed by atoms with Crippen molar-refractivity contribution in [3.05, 3.63) is 57.4 Å². The molecule has 0 N–H and O–H groups in total. The standard InChI is InChI=1S/C14H10ClFIN3/c15-7-14-19-12-6-11(17)10(16)5-13(12)20(14)8-9-1-3-18-4-2-9/h1-6H,7-8H2. The molecule has 0 unspecified atom stereocenters. The van der Waals surface area contributed by atoms with E-state index in [1.807, 2.05) is 39.3 Å². The van der Waals surface area contributed by atoms with Gasteiger partial charge in [0.15, 0.2) is 0 Å². The van der Waals surface area contributed by atoms with E-state index in [2.05, 4.69) is 9.97 Å². The molecule has 3 nitrogen and oxygen atoms in total. The van der Waals surface area contributed by atoms with Crippen LogP contribution in [0.15, 0.2) is 36.7 Å².